The number of hydrogen-bond donors (Lipinski definition) is 1. The van der Waals surface area contributed by atoms with Crippen LogP contribution in [0.15, 0.2) is 30.3 Å². The van der Waals surface area contributed by atoms with Gasteiger partial charge in [0.25, 0.3) is 0 Å². The highest BCUT2D eigenvalue weighted by atomic mass is 35.5. The molecule has 0 spiro atoms. The lowest BCUT2D eigenvalue weighted by molar-refractivity contribution is 0.504. The molecule has 3 aromatic rings. The van der Waals surface area contributed by atoms with Gasteiger partial charge in [-0.2, -0.15) is 0 Å². The standard InChI is InChI=1S/C14H8ClF3N2S/c15-7-1-3-8(4-2-7)19-6-11-20-13-12(18)9(16)5-10(17)14(13)21-11/h1-5,19H,6H2. The molecule has 0 aliphatic carbocycles. The van der Waals surface area contributed by atoms with Gasteiger partial charge in [-0.3, -0.25) is 0 Å². The molecule has 1 N–H and O–H groups in total. The molecule has 0 bridgehead atoms. The molecule has 0 aliphatic rings. The second-order valence-electron chi connectivity index (χ2n) is 4.30. The fourth-order valence-electron chi connectivity index (χ4n) is 1.85. The largest absolute Gasteiger partial charge is 0.379 e. The van der Waals surface area contributed by atoms with Crippen molar-refractivity contribution in [1.29, 1.82) is 0 Å². The molecule has 0 radical (unpaired) electrons. The van der Waals surface area contributed by atoms with E-state index in [0.717, 1.165) is 17.0 Å². The third-order valence-electron chi connectivity index (χ3n) is 2.85. The van der Waals surface area contributed by atoms with Crippen LogP contribution in [0.3, 0.4) is 0 Å². The highest BCUT2D eigenvalue weighted by Crippen LogP contribution is 2.29. The van der Waals surface area contributed by atoms with Gasteiger partial charge in [0, 0.05) is 16.8 Å². The zero-order valence-corrected chi connectivity index (χ0v) is 12.0. The summed E-state index contributed by atoms with van der Waals surface area (Å²) in [7, 11) is 0. The predicted octanol–water partition coefficient (Wildman–Crippen LogP) is 4.98. The van der Waals surface area contributed by atoms with Crippen LogP contribution in [0.4, 0.5) is 18.9 Å². The average molecular weight is 329 g/mol. The van der Waals surface area contributed by atoms with Gasteiger partial charge in [-0.25, -0.2) is 18.2 Å². The molecule has 0 saturated carbocycles. The molecule has 2 aromatic carbocycles. The highest BCUT2D eigenvalue weighted by molar-refractivity contribution is 7.18. The molecule has 0 atom stereocenters. The van der Waals surface area contributed by atoms with Crippen molar-refractivity contribution in [3.63, 3.8) is 0 Å². The van der Waals surface area contributed by atoms with Crippen LogP contribution in [0.5, 0.6) is 0 Å². The molecular formula is C14H8ClF3N2S. The number of rotatable bonds is 3. The first kappa shape index (κ1) is 14.2. The smallest absolute Gasteiger partial charge is 0.186 e. The van der Waals surface area contributed by atoms with Gasteiger partial charge in [-0.1, -0.05) is 11.6 Å². The predicted molar refractivity (Wildman–Crippen MR) is 78.3 cm³/mol. The summed E-state index contributed by atoms with van der Waals surface area (Å²) in [6.07, 6.45) is 0. The van der Waals surface area contributed by atoms with Crippen LogP contribution in [-0.2, 0) is 6.54 Å². The Morgan fingerprint density at radius 2 is 1.81 bits per heavy atom. The number of anilines is 1. The van der Waals surface area contributed by atoms with E-state index < -0.39 is 17.5 Å². The molecule has 7 heteroatoms. The second kappa shape index (κ2) is 5.54. The number of thiazole rings is 1. The highest BCUT2D eigenvalue weighted by Gasteiger charge is 2.17. The van der Waals surface area contributed by atoms with Gasteiger partial charge in [0.2, 0.25) is 0 Å². The van der Waals surface area contributed by atoms with E-state index in [1.165, 1.54) is 0 Å². The van der Waals surface area contributed by atoms with E-state index in [4.69, 9.17) is 11.6 Å². The van der Waals surface area contributed by atoms with Crippen LogP contribution >= 0.6 is 22.9 Å². The molecule has 1 heterocycles. The van der Waals surface area contributed by atoms with Gasteiger partial charge in [0.15, 0.2) is 11.6 Å². The molecule has 21 heavy (non-hydrogen) atoms. The lowest BCUT2D eigenvalue weighted by atomic mass is 10.3. The lowest BCUT2D eigenvalue weighted by Gasteiger charge is -2.03. The fourth-order valence-corrected chi connectivity index (χ4v) is 2.88. The zero-order chi connectivity index (χ0) is 15.0. The molecule has 0 unspecified atom stereocenters. The summed E-state index contributed by atoms with van der Waals surface area (Å²) < 4.78 is 40.3. The van der Waals surface area contributed by atoms with Gasteiger partial charge in [-0.05, 0) is 24.3 Å². The van der Waals surface area contributed by atoms with Crippen LogP contribution in [0.2, 0.25) is 5.02 Å². The van der Waals surface area contributed by atoms with Gasteiger partial charge < -0.3 is 5.32 Å². The molecular weight excluding hydrogens is 321 g/mol. The first-order valence-corrected chi connectivity index (χ1v) is 7.16. The fraction of sp³-hybridized carbons (Fsp3) is 0.0714. The number of hydrogen-bond acceptors (Lipinski definition) is 3. The van der Waals surface area contributed by atoms with Gasteiger partial charge >= 0.3 is 0 Å². The van der Waals surface area contributed by atoms with Gasteiger partial charge in [-0.15, -0.1) is 11.3 Å². The van der Waals surface area contributed by atoms with Gasteiger partial charge in [0.05, 0.1) is 11.2 Å². The van der Waals surface area contributed by atoms with Crippen LogP contribution in [0.25, 0.3) is 10.2 Å². The Bertz CT molecular complexity index is 802. The molecule has 0 fully saturated rings. The van der Waals surface area contributed by atoms with Crippen molar-refractivity contribution in [2.24, 2.45) is 0 Å². The van der Waals surface area contributed by atoms with Crippen molar-refractivity contribution in [3.8, 4) is 0 Å². The number of halogens is 4. The van der Waals surface area contributed by atoms with Crippen molar-refractivity contribution in [2.75, 3.05) is 5.32 Å². The minimum atomic E-state index is -1.23. The number of nitrogens with zero attached hydrogens (tertiary/aromatic N) is 1. The minimum Gasteiger partial charge on any atom is -0.379 e. The van der Waals surface area contributed by atoms with Crippen LogP contribution in [0, 0.1) is 17.5 Å². The second-order valence-corrected chi connectivity index (χ2v) is 5.82. The molecule has 0 aliphatic heterocycles. The molecule has 0 saturated heterocycles. The van der Waals surface area contributed by atoms with Crippen LogP contribution in [-0.4, -0.2) is 4.98 Å². The van der Waals surface area contributed by atoms with E-state index in [9.17, 15) is 13.2 Å². The normalized spacial score (nSPS) is 11.0. The van der Waals surface area contributed by atoms with E-state index in [2.05, 4.69) is 10.3 Å². The van der Waals surface area contributed by atoms with E-state index in [1.807, 2.05) is 0 Å². The summed E-state index contributed by atoms with van der Waals surface area (Å²) in [4.78, 5) is 3.94. The van der Waals surface area contributed by atoms with E-state index in [0.29, 0.717) is 16.1 Å². The summed E-state index contributed by atoms with van der Waals surface area (Å²) in [6.45, 7) is 0.279. The third kappa shape index (κ3) is 2.82. The molecule has 1 aromatic heterocycles. The summed E-state index contributed by atoms with van der Waals surface area (Å²) >= 11 is 6.76. The number of benzene rings is 2. The summed E-state index contributed by atoms with van der Waals surface area (Å²) in [5, 5.41) is 4.13. The Labute approximate surface area is 127 Å². The molecule has 3 rings (SSSR count). The summed E-state index contributed by atoms with van der Waals surface area (Å²) in [6, 6.07) is 7.52. The number of fused-ring (bicyclic) bond motifs is 1. The van der Waals surface area contributed by atoms with E-state index in [1.54, 1.807) is 24.3 Å². The Kier molecular flexibility index (Phi) is 3.73. The molecule has 108 valence electrons. The third-order valence-corrected chi connectivity index (χ3v) is 4.16. The quantitative estimate of drug-likeness (QED) is 0.686. The topological polar surface area (TPSA) is 24.9 Å². The van der Waals surface area contributed by atoms with Crippen LogP contribution < -0.4 is 5.32 Å². The van der Waals surface area contributed by atoms with Crippen molar-refractivity contribution < 1.29 is 13.2 Å². The maximum atomic E-state index is 13.6. The average Bonchev–Trinajstić information content (AvgIpc) is 2.89. The molecule has 2 nitrogen and oxygen atoms in total. The maximum absolute atomic E-state index is 13.6. The minimum absolute atomic E-state index is 0.0156. The first-order valence-electron chi connectivity index (χ1n) is 5.97. The number of nitrogens with one attached hydrogen (secondary N) is 1. The Balaban J connectivity index is 1.86. The van der Waals surface area contributed by atoms with E-state index >= 15 is 0 Å². The van der Waals surface area contributed by atoms with E-state index in [-0.39, 0.29) is 16.8 Å². The number of aromatic nitrogens is 1. The maximum Gasteiger partial charge on any atom is 0.186 e. The lowest BCUT2D eigenvalue weighted by Crippen LogP contribution is -1.98. The van der Waals surface area contributed by atoms with Crippen molar-refractivity contribution in [3.05, 3.63) is 57.8 Å². The Morgan fingerprint density at radius 1 is 1.10 bits per heavy atom. The first-order chi connectivity index (χ1) is 10.0. The van der Waals surface area contributed by atoms with Crippen molar-refractivity contribution in [2.45, 2.75) is 6.54 Å². The Morgan fingerprint density at radius 3 is 2.52 bits per heavy atom. The van der Waals surface area contributed by atoms with Crippen molar-refractivity contribution >= 4 is 38.8 Å². The molecule has 0 amide bonds. The monoisotopic (exact) mass is 328 g/mol. The Hall–Kier alpha value is -1.79. The summed E-state index contributed by atoms with van der Waals surface area (Å²) in [5.74, 6) is -3.16. The summed E-state index contributed by atoms with van der Waals surface area (Å²) in [5.41, 5.74) is 0.524. The van der Waals surface area contributed by atoms with Gasteiger partial charge in [0.1, 0.15) is 16.3 Å². The van der Waals surface area contributed by atoms with Crippen LogP contribution in [0.1, 0.15) is 5.01 Å². The van der Waals surface area contributed by atoms with Crippen molar-refractivity contribution in [1.82, 2.24) is 4.98 Å². The zero-order valence-electron chi connectivity index (χ0n) is 10.5. The SMILES string of the molecule is Fc1cc(F)c2sc(CNc3ccc(Cl)cc3)nc2c1F.